The largest absolute Gasteiger partial charge is 0.298 e. The molecule has 1 saturated heterocycles. The molecule has 0 aliphatic carbocycles. The fraction of sp³-hybridized carbons (Fsp3) is 0.222. The maximum Gasteiger partial charge on any atom is 0.257 e. The van der Waals surface area contributed by atoms with Gasteiger partial charge in [0.2, 0.25) is 10.0 Å². The normalized spacial score (nSPS) is 15.3. The maximum absolute atomic E-state index is 12.5. The first-order chi connectivity index (χ1) is 12.9. The molecule has 2 aromatic carbocycles. The van der Waals surface area contributed by atoms with Crippen LogP contribution in [0.1, 0.15) is 23.2 Å². The smallest absolute Gasteiger partial charge is 0.257 e. The van der Waals surface area contributed by atoms with E-state index >= 15 is 0 Å². The molecule has 0 unspecified atom stereocenters. The van der Waals surface area contributed by atoms with Gasteiger partial charge in [-0.05, 0) is 49.2 Å². The Bertz CT molecular complexity index is 1100. The lowest BCUT2D eigenvalue weighted by atomic mass is 10.2. The molecule has 1 N–H and O–H groups in total. The first-order valence-corrected chi connectivity index (χ1v) is 11.1. The second-order valence-electron chi connectivity index (χ2n) is 6.20. The zero-order valence-corrected chi connectivity index (χ0v) is 16.6. The van der Waals surface area contributed by atoms with E-state index in [1.54, 1.807) is 6.07 Å². The van der Waals surface area contributed by atoms with E-state index in [1.165, 1.54) is 39.9 Å². The Kier molecular flexibility index (Phi) is 4.90. The Morgan fingerprint density at radius 1 is 1.11 bits per heavy atom. The van der Waals surface area contributed by atoms with Crippen molar-refractivity contribution in [3.8, 4) is 0 Å². The third-order valence-corrected chi connectivity index (χ3v) is 7.56. The summed E-state index contributed by atoms with van der Waals surface area (Å²) in [4.78, 5) is 17.0. The Hall–Kier alpha value is -2.00. The number of rotatable bonds is 4. The minimum Gasteiger partial charge on any atom is -0.298 e. The van der Waals surface area contributed by atoms with Crippen LogP contribution in [0.2, 0.25) is 5.02 Å². The summed E-state index contributed by atoms with van der Waals surface area (Å²) in [5.41, 5.74) is 1.01. The van der Waals surface area contributed by atoms with Crippen LogP contribution in [0.3, 0.4) is 0 Å². The number of thiazole rings is 1. The molecule has 0 atom stereocenters. The molecule has 3 aromatic rings. The number of anilines is 1. The van der Waals surface area contributed by atoms with E-state index in [4.69, 9.17) is 11.6 Å². The molecule has 0 radical (unpaired) electrons. The third kappa shape index (κ3) is 3.58. The lowest BCUT2D eigenvalue weighted by molar-refractivity contribution is 0.102. The highest BCUT2D eigenvalue weighted by molar-refractivity contribution is 7.89. The van der Waals surface area contributed by atoms with E-state index in [0.717, 1.165) is 17.5 Å². The molecule has 1 aromatic heterocycles. The van der Waals surface area contributed by atoms with Gasteiger partial charge >= 0.3 is 0 Å². The van der Waals surface area contributed by atoms with Crippen LogP contribution in [-0.4, -0.2) is 36.7 Å². The molecule has 1 amide bonds. The molecule has 1 aliphatic heterocycles. The average molecular weight is 422 g/mol. The van der Waals surface area contributed by atoms with Gasteiger partial charge in [-0.1, -0.05) is 29.0 Å². The first kappa shape index (κ1) is 18.4. The van der Waals surface area contributed by atoms with Gasteiger partial charge in [0.05, 0.1) is 14.6 Å². The van der Waals surface area contributed by atoms with Crippen LogP contribution in [0.5, 0.6) is 0 Å². The fourth-order valence-corrected chi connectivity index (χ4v) is 5.67. The topological polar surface area (TPSA) is 79.4 Å². The number of halogens is 1. The number of aromatic nitrogens is 1. The molecule has 9 heteroatoms. The van der Waals surface area contributed by atoms with E-state index in [9.17, 15) is 13.2 Å². The van der Waals surface area contributed by atoms with E-state index < -0.39 is 10.0 Å². The van der Waals surface area contributed by atoms with Gasteiger partial charge in [-0.3, -0.25) is 10.1 Å². The van der Waals surface area contributed by atoms with Crippen molar-refractivity contribution in [2.45, 2.75) is 17.7 Å². The molecular formula is C18H16ClN3O3S2. The van der Waals surface area contributed by atoms with Crippen molar-refractivity contribution in [1.82, 2.24) is 9.29 Å². The quantitative estimate of drug-likeness (QED) is 0.690. The van der Waals surface area contributed by atoms with Gasteiger partial charge in [-0.2, -0.15) is 4.31 Å². The third-order valence-electron chi connectivity index (χ3n) is 4.41. The highest BCUT2D eigenvalue weighted by atomic mass is 35.5. The predicted molar refractivity (Wildman–Crippen MR) is 107 cm³/mol. The minimum atomic E-state index is -3.49. The summed E-state index contributed by atoms with van der Waals surface area (Å²) in [5, 5.41) is 3.71. The summed E-state index contributed by atoms with van der Waals surface area (Å²) in [6.07, 6.45) is 1.76. The average Bonchev–Trinajstić information content (AvgIpc) is 3.32. The summed E-state index contributed by atoms with van der Waals surface area (Å²) in [5.74, 6) is -0.352. The van der Waals surface area contributed by atoms with Gasteiger partial charge in [0.1, 0.15) is 5.52 Å². The second kappa shape index (κ2) is 7.20. The van der Waals surface area contributed by atoms with Crippen molar-refractivity contribution in [2.24, 2.45) is 0 Å². The molecule has 1 fully saturated rings. The first-order valence-electron chi connectivity index (χ1n) is 8.42. The van der Waals surface area contributed by atoms with Crippen molar-refractivity contribution in [1.29, 1.82) is 0 Å². The Morgan fingerprint density at radius 3 is 2.48 bits per heavy atom. The standard InChI is InChI=1S/C18H16ClN3O3S2/c19-14-4-3-5-15-16(14)20-18(26-15)21-17(23)12-6-8-13(9-7-12)27(24,25)22-10-1-2-11-22/h3-9H,1-2,10-11H2,(H,20,21,23). The van der Waals surface area contributed by atoms with Crippen molar-refractivity contribution in [3.05, 3.63) is 53.1 Å². The summed E-state index contributed by atoms with van der Waals surface area (Å²) in [7, 11) is -3.49. The van der Waals surface area contributed by atoms with Crippen LogP contribution in [0.15, 0.2) is 47.4 Å². The van der Waals surface area contributed by atoms with Gasteiger partial charge in [-0.15, -0.1) is 0 Å². The molecule has 2 heterocycles. The maximum atomic E-state index is 12.5. The van der Waals surface area contributed by atoms with E-state index in [2.05, 4.69) is 10.3 Å². The second-order valence-corrected chi connectivity index (χ2v) is 9.57. The monoisotopic (exact) mass is 421 g/mol. The van der Waals surface area contributed by atoms with Crippen LogP contribution in [0.4, 0.5) is 5.13 Å². The highest BCUT2D eigenvalue weighted by Gasteiger charge is 2.27. The molecule has 4 rings (SSSR count). The van der Waals surface area contributed by atoms with Crippen LogP contribution < -0.4 is 5.32 Å². The highest BCUT2D eigenvalue weighted by Crippen LogP contribution is 2.31. The molecule has 27 heavy (non-hydrogen) atoms. The number of fused-ring (bicyclic) bond motifs is 1. The zero-order valence-electron chi connectivity index (χ0n) is 14.2. The van der Waals surface area contributed by atoms with Gasteiger partial charge in [-0.25, -0.2) is 13.4 Å². The predicted octanol–water partition coefficient (Wildman–Crippen LogP) is 3.99. The lowest BCUT2D eigenvalue weighted by Gasteiger charge is -2.15. The number of sulfonamides is 1. The van der Waals surface area contributed by atoms with Crippen molar-refractivity contribution in [2.75, 3.05) is 18.4 Å². The Morgan fingerprint density at radius 2 is 1.81 bits per heavy atom. The van der Waals surface area contributed by atoms with Crippen LogP contribution in [-0.2, 0) is 10.0 Å². The number of hydrogen-bond acceptors (Lipinski definition) is 5. The van der Waals surface area contributed by atoms with E-state index in [-0.39, 0.29) is 10.8 Å². The molecule has 0 saturated carbocycles. The zero-order chi connectivity index (χ0) is 19.0. The van der Waals surface area contributed by atoms with Crippen LogP contribution in [0, 0.1) is 0 Å². The number of hydrogen-bond donors (Lipinski definition) is 1. The molecule has 140 valence electrons. The van der Waals surface area contributed by atoms with E-state index in [0.29, 0.717) is 34.3 Å². The van der Waals surface area contributed by atoms with Crippen LogP contribution >= 0.6 is 22.9 Å². The summed E-state index contributed by atoms with van der Waals surface area (Å²) < 4.78 is 27.4. The molecule has 6 nitrogen and oxygen atoms in total. The Balaban J connectivity index is 1.53. The Labute approximate surface area is 165 Å². The van der Waals surface area contributed by atoms with Crippen LogP contribution in [0.25, 0.3) is 10.2 Å². The van der Waals surface area contributed by atoms with E-state index in [1.807, 2.05) is 12.1 Å². The molecule has 0 spiro atoms. The van der Waals surface area contributed by atoms with Gasteiger partial charge in [0.15, 0.2) is 5.13 Å². The fourth-order valence-electron chi connectivity index (χ4n) is 2.99. The summed E-state index contributed by atoms with van der Waals surface area (Å²) >= 11 is 7.44. The van der Waals surface area contributed by atoms with Crippen molar-refractivity contribution >= 4 is 54.2 Å². The number of nitrogens with one attached hydrogen (secondary N) is 1. The number of carbonyl (C=O) groups is 1. The lowest BCUT2D eigenvalue weighted by Crippen LogP contribution is -2.27. The summed E-state index contributed by atoms with van der Waals surface area (Å²) in [6.45, 7) is 1.09. The van der Waals surface area contributed by atoms with Gasteiger partial charge in [0, 0.05) is 18.7 Å². The van der Waals surface area contributed by atoms with Crippen molar-refractivity contribution < 1.29 is 13.2 Å². The molecule has 1 aliphatic rings. The number of nitrogens with zero attached hydrogens (tertiary/aromatic N) is 2. The van der Waals surface area contributed by atoms with Gasteiger partial charge < -0.3 is 0 Å². The minimum absolute atomic E-state index is 0.202. The number of carbonyl (C=O) groups excluding carboxylic acids is 1. The molecular weight excluding hydrogens is 406 g/mol. The number of benzene rings is 2. The number of para-hydroxylation sites is 1. The number of amides is 1. The van der Waals surface area contributed by atoms with Crippen molar-refractivity contribution in [3.63, 3.8) is 0 Å². The molecule has 0 bridgehead atoms. The summed E-state index contributed by atoms with van der Waals surface area (Å²) in [6, 6.07) is 11.4. The SMILES string of the molecule is O=C(Nc1nc2c(Cl)cccc2s1)c1ccc(S(=O)(=O)N2CCCC2)cc1. The van der Waals surface area contributed by atoms with Gasteiger partial charge in [0.25, 0.3) is 5.91 Å².